The molecule has 1 fully saturated rings. The summed E-state index contributed by atoms with van der Waals surface area (Å²) in [6.45, 7) is 3.40. The van der Waals surface area contributed by atoms with Gasteiger partial charge >= 0.3 is 0 Å². The maximum Gasteiger partial charge on any atom is 0.213 e. The van der Waals surface area contributed by atoms with E-state index in [0.29, 0.717) is 25.1 Å². The molecule has 0 spiro atoms. The van der Waals surface area contributed by atoms with Gasteiger partial charge in [0.2, 0.25) is 5.88 Å². The number of hydrogen-bond donors (Lipinski definition) is 1. The molecule has 4 heteroatoms. The second-order valence-electron chi connectivity index (χ2n) is 4.64. The van der Waals surface area contributed by atoms with E-state index in [1.54, 1.807) is 7.11 Å². The molecule has 17 heavy (non-hydrogen) atoms. The first-order valence-electron chi connectivity index (χ1n) is 6.12. The Morgan fingerprint density at radius 1 is 1.35 bits per heavy atom. The molecule has 94 valence electrons. The summed E-state index contributed by atoms with van der Waals surface area (Å²) in [5.41, 5.74) is 1.07. The minimum absolute atomic E-state index is 0.538. The number of anilines is 1. The van der Waals surface area contributed by atoms with Gasteiger partial charge in [0.25, 0.3) is 0 Å². The second-order valence-corrected chi connectivity index (χ2v) is 4.64. The fourth-order valence-electron chi connectivity index (χ4n) is 2.04. The number of pyridine rings is 1. The molecule has 4 nitrogen and oxygen atoms in total. The Bertz CT molecular complexity index is 334. The van der Waals surface area contributed by atoms with Crippen molar-refractivity contribution in [2.24, 2.45) is 5.92 Å². The maximum atomic E-state index is 5.40. The van der Waals surface area contributed by atoms with Crippen molar-refractivity contribution in [2.75, 3.05) is 25.6 Å². The summed E-state index contributed by atoms with van der Waals surface area (Å²) in [6.07, 6.45) is 4.34. The van der Waals surface area contributed by atoms with E-state index >= 15 is 0 Å². The number of ether oxygens (including phenoxy) is 2. The Morgan fingerprint density at radius 2 is 2.18 bits per heavy atom. The lowest BCUT2D eigenvalue weighted by Crippen LogP contribution is -2.33. The van der Waals surface area contributed by atoms with Crippen LogP contribution >= 0.6 is 0 Å². The molecule has 0 amide bonds. The van der Waals surface area contributed by atoms with Crippen LogP contribution in [-0.2, 0) is 4.74 Å². The van der Waals surface area contributed by atoms with Gasteiger partial charge in [0, 0.05) is 19.2 Å². The number of nitrogens with zero attached hydrogens (tertiary/aromatic N) is 1. The highest BCUT2D eigenvalue weighted by molar-refractivity contribution is 5.43. The molecule has 0 radical (unpaired) electrons. The van der Waals surface area contributed by atoms with Gasteiger partial charge in [-0.15, -0.1) is 0 Å². The van der Waals surface area contributed by atoms with Crippen LogP contribution in [0.25, 0.3) is 0 Å². The van der Waals surface area contributed by atoms with Crippen molar-refractivity contribution in [1.29, 1.82) is 0 Å². The van der Waals surface area contributed by atoms with E-state index in [4.69, 9.17) is 9.47 Å². The third-order valence-electron chi connectivity index (χ3n) is 3.02. The Kier molecular flexibility index (Phi) is 4.20. The van der Waals surface area contributed by atoms with Crippen LogP contribution in [0.15, 0.2) is 18.3 Å². The number of aromatic nitrogens is 1. The van der Waals surface area contributed by atoms with Crippen molar-refractivity contribution >= 4 is 5.69 Å². The quantitative estimate of drug-likeness (QED) is 0.770. The maximum absolute atomic E-state index is 5.40. The zero-order valence-electron chi connectivity index (χ0n) is 10.5. The van der Waals surface area contributed by atoms with Gasteiger partial charge in [-0.1, -0.05) is 6.92 Å². The minimum atomic E-state index is 0.538. The summed E-state index contributed by atoms with van der Waals surface area (Å²) in [6, 6.07) is 4.52. The van der Waals surface area contributed by atoms with Gasteiger partial charge < -0.3 is 14.8 Å². The average Bonchev–Trinajstić information content (AvgIpc) is 2.30. The van der Waals surface area contributed by atoms with Crippen molar-refractivity contribution < 1.29 is 9.47 Å². The molecule has 1 aliphatic rings. The zero-order valence-corrected chi connectivity index (χ0v) is 10.5. The fraction of sp³-hybridized carbons (Fsp3) is 0.615. The van der Waals surface area contributed by atoms with Gasteiger partial charge in [0.1, 0.15) is 6.61 Å². The molecule has 0 unspecified atom stereocenters. The van der Waals surface area contributed by atoms with Gasteiger partial charge in [-0.05, 0) is 24.8 Å². The van der Waals surface area contributed by atoms with Crippen LogP contribution in [0.1, 0.15) is 19.8 Å². The Labute approximate surface area is 102 Å². The van der Waals surface area contributed by atoms with E-state index < -0.39 is 0 Å². The lowest BCUT2D eigenvalue weighted by atomic mass is 9.82. The average molecular weight is 236 g/mol. The SMILES string of the molecule is COCCOc1ccc(NC2CC(C)C2)cn1. The molecule has 0 aliphatic heterocycles. The monoisotopic (exact) mass is 236 g/mol. The van der Waals surface area contributed by atoms with Crippen LogP contribution in [0.3, 0.4) is 0 Å². The molecule has 1 aliphatic carbocycles. The van der Waals surface area contributed by atoms with Crippen LogP contribution in [0.2, 0.25) is 0 Å². The first-order chi connectivity index (χ1) is 8.28. The summed E-state index contributed by atoms with van der Waals surface area (Å²) >= 11 is 0. The topological polar surface area (TPSA) is 43.4 Å². The van der Waals surface area contributed by atoms with Crippen LogP contribution in [0, 0.1) is 5.92 Å². The zero-order chi connectivity index (χ0) is 12.1. The predicted octanol–water partition coefficient (Wildman–Crippen LogP) is 2.32. The molecule has 1 aromatic rings. The van der Waals surface area contributed by atoms with Gasteiger partial charge in [0.15, 0.2) is 0 Å². The van der Waals surface area contributed by atoms with Crippen molar-refractivity contribution in [2.45, 2.75) is 25.8 Å². The van der Waals surface area contributed by atoms with Gasteiger partial charge in [-0.2, -0.15) is 0 Å². The highest BCUT2D eigenvalue weighted by atomic mass is 16.5. The number of rotatable bonds is 6. The molecule has 1 heterocycles. The summed E-state index contributed by atoms with van der Waals surface area (Å²) in [5, 5.41) is 3.46. The third-order valence-corrected chi connectivity index (χ3v) is 3.02. The van der Waals surface area contributed by atoms with E-state index in [9.17, 15) is 0 Å². The molecule has 1 N–H and O–H groups in total. The van der Waals surface area contributed by atoms with E-state index in [1.807, 2.05) is 18.3 Å². The molecular weight excluding hydrogens is 216 g/mol. The van der Waals surface area contributed by atoms with Crippen LogP contribution in [0.5, 0.6) is 5.88 Å². The number of hydrogen-bond acceptors (Lipinski definition) is 4. The highest BCUT2D eigenvalue weighted by Crippen LogP contribution is 2.29. The molecule has 1 saturated carbocycles. The van der Waals surface area contributed by atoms with Crippen molar-refractivity contribution in [3.8, 4) is 5.88 Å². The third kappa shape index (κ3) is 3.60. The van der Waals surface area contributed by atoms with Crippen LogP contribution in [-0.4, -0.2) is 31.3 Å². The predicted molar refractivity (Wildman–Crippen MR) is 67.4 cm³/mol. The van der Waals surface area contributed by atoms with Gasteiger partial charge in [0.05, 0.1) is 18.5 Å². The molecule has 2 rings (SSSR count). The van der Waals surface area contributed by atoms with E-state index in [-0.39, 0.29) is 0 Å². The lowest BCUT2D eigenvalue weighted by Gasteiger charge is -2.33. The second kappa shape index (κ2) is 5.87. The normalized spacial score (nSPS) is 22.9. The largest absolute Gasteiger partial charge is 0.475 e. The van der Waals surface area contributed by atoms with Gasteiger partial charge in [-0.3, -0.25) is 0 Å². The van der Waals surface area contributed by atoms with Crippen molar-refractivity contribution in [1.82, 2.24) is 4.98 Å². The van der Waals surface area contributed by atoms with E-state index in [2.05, 4.69) is 17.2 Å². The van der Waals surface area contributed by atoms with E-state index in [0.717, 1.165) is 11.6 Å². The molecule has 0 saturated heterocycles. The molecule has 0 bridgehead atoms. The first kappa shape index (κ1) is 12.2. The summed E-state index contributed by atoms with van der Waals surface area (Å²) < 4.78 is 10.3. The molecule has 1 aromatic heterocycles. The van der Waals surface area contributed by atoms with Gasteiger partial charge in [-0.25, -0.2) is 4.98 Å². The Balaban J connectivity index is 1.77. The summed E-state index contributed by atoms with van der Waals surface area (Å²) in [4.78, 5) is 4.24. The molecular formula is C13H20N2O2. The minimum Gasteiger partial charge on any atom is -0.475 e. The Hall–Kier alpha value is -1.29. The number of methoxy groups -OCH3 is 1. The lowest BCUT2D eigenvalue weighted by molar-refractivity contribution is 0.144. The summed E-state index contributed by atoms with van der Waals surface area (Å²) in [7, 11) is 1.66. The number of nitrogens with one attached hydrogen (secondary N) is 1. The summed E-state index contributed by atoms with van der Waals surface area (Å²) in [5.74, 6) is 1.51. The standard InChI is InChI=1S/C13H20N2O2/c1-10-7-12(8-10)15-11-3-4-13(14-9-11)17-6-5-16-2/h3-4,9-10,12,15H,5-8H2,1-2H3. The van der Waals surface area contributed by atoms with Crippen LogP contribution < -0.4 is 10.1 Å². The van der Waals surface area contributed by atoms with Crippen molar-refractivity contribution in [3.63, 3.8) is 0 Å². The first-order valence-corrected chi connectivity index (χ1v) is 6.12. The van der Waals surface area contributed by atoms with E-state index in [1.165, 1.54) is 12.8 Å². The smallest absolute Gasteiger partial charge is 0.213 e. The molecule has 0 atom stereocenters. The highest BCUT2D eigenvalue weighted by Gasteiger charge is 2.24. The van der Waals surface area contributed by atoms with Crippen LogP contribution in [0.4, 0.5) is 5.69 Å². The Morgan fingerprint density at radius 3 is 2.76 bits per heavy atom. The molecule has 0 aromatic carbocycles. The van der Waals surface area contributed by atoms with Crippen molar-refractivity contribution in [3.05, 3.63) is 18.3 Å². The fourth-order valence-corrected chi connectivity index (χ4v) is 2.04.